The molecular weight excluding hydrogens is 718 g/mol. The minimum atomic E-state index is -6.33. The second kappa shape index (κ2) is 10.8. The van der Waals surface area contributed by atoms with Crippen LogP contribution in [0, 0.1) is 3.57 Å². The number of hydrogen-bond acceptors (Lipinski definition) is 4. The molecule has 0 spiro atoms. The molecule has 1 saturated carbocycles. The second-order valence-electron chi connectivity index (χ2n) is 11.6. The molecule has 1 heterocycles. The largest absolute Gasteiger partial charge is 0.435 e. The Morgan fingerprint density at radius 2 is 1.47 bits per heavy atom. The van der Waals surface area contributed by atoms with Gasteiger partial charge in [0.2, 0.25) is 0 Å². The number of nitrogens with zero attached hydrogens (tertiary/aromatic N) is 1. The molecule has 0 unspecified atom stereocenters. The number of aliphatic hydroxyl groups is 1. The predicted octanol–water partition coefficient (Wildman–Crippen LogP) is 6.88. The van der Waals surface area contributed by atoms with Crippen LogP contribution in [-0.4, -0.2) is 54.9 Å². The maximum Gasteiger partial charge on any atom is 0.435 e. The van der Waals surface area contributed by atoms with Gasteiger partial charge in [0.05, 0.1) is 10.9 Å². The summed E-state index contributed by atoms with van der Waals surface area (Å²) in [6.45, 7) is -0.102. The minimum absolute atomic E-state index is 0.0686. The zero-order valence-electron chi connectivity index (χ0n) is 22.7. The third-order valence-corrected chi connectivity index (χ3v) is 12.5. The summed E-state index contributed by atoms with van der Waals surface area (Å²) in [5.41, 5.74) is -9.31. The summed E-state index contributed by atoms with van der Waals surface area (Å²) in [6.07, 6.45) is -9.96. The van der Waals surface area contributed by atoms with E-state index in [0.29, 0.717) is 25.0 Å². The molecule has 2 atom stereocenters. The first-order chi connectivity index (χ1) is 19.9. The fourth-order valence-electron chi connectivity index (χ4n) is 7.09. The molecule has 2 aromatic rings. The number of halogens is 8. The number of carbonyl (C=O) groups excluding carboxylic acids is 1. The normalized spacial score (nSPS) is 24.7. The van der Waals surface area contributed by atoms with Crippen LogP contribution in [0.2, 0.25) is 0 Å². The van der Waals surface area contributed by atoms with Crippen molar-refractivity contribution in [2.24, 2.45) is 0 Å². The van der Waals surface area contributed by atoms with E-state index in [1.165, 1.54) is 17.0 Å². The van der Waals surface area contributed by atoms with Gasteiger partial charge in [-0.2, -0.15) is 26.3 Å². The van der Waals surface area contributed by atoms with E-state index in [2.05, 4.69) is 0 Å². The molecule has 1 N–H and O–H groups in total. The van der Waals surface area contributed by atoms with Crippen LogP contribution in [0.3, 0.4) is 0 Å². The Hall–Kier alpha value is -1.94. The topological polar surface area (TPSA) is 74.7 Å². The molecule has 0 aromatic heterocycles. The van der Waals surface area contributed by atoms with E-state index in [4.69, 9.17) is 0 Å². The van der Waals surface area contributed by atoms with Crippen LogP contribution >= 0.6 is 22.6 Å². The summed E-state index contributed by atoms with van der Waals surface area (Å²) in [5.74, 6) is -0.629. The van der Waals surface area contributed by atoms with Gasteiger partial charge in [0, 0.05) is 15.7 Å². The maximum atomic E-state index is 15.0. The van der Waals surface area contributed by atoms with Crippen molar-refractivity contribution in [3.05, 3.63) is 62.7 Å². The highest BCUT2D eigenvalue weighted by atomic mass is 127. The van der Waals surface area contributed by atoms with Crippen LogP contribution in [0.15, 0.2) is 47.4 Å². The number of hydrogen-bond donors (Lipinski definition) is 1. The number of aryl methyl sites for hydroxylation is 1. The van der Waals surface area contributed by atoms with Gasteiger partial charge in [-0.05, 0) is 90.1 Å². The van der Waals surface area contributed by atoms with E-state index in [1.54, 1.807) is 12.1 Å². The highest BCUT2D eigenvalue weighted by Crippen LogP contribution is 2.57. The van der Waals surface area contributed by atoms with Gasteiger partial charge in [-0.15, -0.1) is 0 Å². The van der Waals surface area contributed by atoms with Crippen LogP contribution in [0.1, 0.15) is 68.1 Å². The summed E-state index contributed by atoms with van der Waals surface area (Å²) in [7, 11) is -4.44. The highest BCUT2D eigenvalue weighted by molar-refractivity contribution is 14.1. The lowest BCUT2D eigenvalue weighted by molar-refractivity contribution is -0.348. The van der Waals surface area contributed by atoms with E-state index < -0.39 is 55.7 Å². The van der Waals surface area contributed by atoms with Crippen molar-refractivity contribution in [2.75, 3.05) is 6.54 Å². The maximum absolute atomic E-state index is 15.0. The first-order valence-corrected chi connectivity index (χ1v) is 16.5. The Balaban J connectivity index is 1.68. The summed E-state index contributed by atoms with van der Waals surface area (Å²) in [4.78, 5) is 15.1. The van der Waals surface area contributed by atoms with Crippen LogP contribution in [-0.2, 0) is 31.5 Å². The molecule has 0 radical (unpaired) electrons. The molecule has 14 heteroatoms. The summed E-state index contributed by atoms with van der Waals surface area (Å²) in [6, 6.07) is 6.38. The molecule has 3 aliphatic rings. The fraction of sp³-hybridized carbons (Fsp3) is 0.552. The molecule has 1 aliphatic heterocycles. The third kappa shape index (κ3) is 4.97. The summed E-state index contributed by atoms with van der Waals surface area (Å²) < 4.78 is 124. The lowest BCUT2D eigenvalue weighted by atomic mass is 9.76. The first kappa shape index (κ1) is 32.5. The van der Waals surface area contributed by atoms with Gasteiger partial charge in [-0.3, -0.25) is 4.79 Å². The molecule has 43 heavy (non-hydrogen) atoms. The number of likely N-dealkylation sites (tertiary alicyclic amines) is 1. The Bertz CT molecular complexity index is 1490. The number of benzene rings is 2. The molecule has 2 aromatic carbocycles. The number of fused-ring (bicyclic) bond motifs is 3. The first-order valence-electron chi connectivity index (χ1n) is 13.9. The zero-order chi connectivity index (χ0) is 31.6. The Kier molecular flexibility index (Phi) is 8.19. The van der Waals surface area contributed by atoms with E-state index >= 15 is 4.39 Å². The van der Waals surface area contributed by atoms with E-state index in [-0.39, 0.29) is 54.7 Å². The second-order valence-corrected chi connectivity index (χ2v) is 15.1. The monoisotopic (exact) mass is 747 g/mol. The lowest BCUT2D eigenvalue weighted by Gasteiger charge is -2.44. The molecule has 5 nitrogen and oxygen atoms in total. The van der Waals surface area contributed by atoms with Gasteiger partial charge in [-0.1, -0.05) is 43.9 Å². The molecule has 0 bridgehead atoms. The van der Waals surface area contributed by atoms with Crippen molar-refractivity contribution < 1.29 is 49.1 Å². The average molecular weight is 748 g/mol. The van der Waals surface area contributed by atoms with Gasteiger partial charge in [0.1, 0.15) is 10.3 Å². The molecule has 236 valence electrons. The van der Waals surface area contributed by atoms with Crippen LogP contribution in [0.4, 0.5) is 30.7 Å². The summed E-state index contributed by atoms with van der Waals surface area (Å²) in [5, 5.41) is 11.4. The smallest absolute Gasteiger partial charge is 0.380 e. The highest BCUT2D eigenvalue weighted by Gasteiger charge is 2.74. The van der Waals surface area contributed by atoms with Crippen LogP contribution in [0.5, 0.6) is 0 Å². The average Bonchev–Trinajstić information content (AvgIpc) is 3.20. The Morgan fingerprint density at radius 1 is 0.884 bits per heavy atom. The predicted molar refractivity (Wildman–Crippen MR) is 150 cm³/mol. The van der Waals surface area contributed by atoms with E-state index in [0.717, 1.165) is 22.5 Å². The van der Waals surface area contributed by atoms with Crippen LogP contribution < -0.4 is 0 Å². The SMILES string of the molecule is O=C(N1CC[C@@]2(S(=O)(=O)c3ccc(I)cc3)c3ccc(C(F)(C(F)(F)F)C(F)(F)F)cc3CC[C@@H]12)C1(O)CCCCCC1. The van der Waals surface area contributed by atoms with Crippen molar-refractivity contribution in [2.45, 2.75) is 97.1 Å². The van der Waals surface area contributed by atoms with Crippen molar-refractivity contribution in [1.82, 2.24) is 4.90 Å². The minimum Gasteiger partial charge on any atom is -0.380 e. The summed E-state index contributed by atoms with van der Waals surface area (Å²) >= 11 is 1.98. The number of sulfone groups is 1. The van der Waals surface area contributed by atoms with Crippen molar-refractivity contribution in [3.63, 3.8) is 0 Å². The van der Waals surface area contributed by atoms with Crippen molar-refractivity contribution >= 4 is 38.3 Å². The number of carbonyl (C=O) groups is 1. The molecular formula is C29H29F7INO4S. The van der Waals surface area contributed by atoms with Gasteiger partial charge in [0.25, 0.3) is 5.91 Å². The molecule has 1 amide bonds. The van der Waals surface area contributed by atoms with Crippen molar-refractivity contribution in [3.8, 4) is 0 Å². The van der Waals surface area contributed by atoms with Crippen molar-refractivity contribution in [1.29, 1.82) is 0 Å². The standard InChI is InChI=1S/C29H29F7INO4S/c30-27(28(31,32)33,29(34,35)36)19-6-11-22-18(17-19)5-12-23-26(22,43(41,42)21-9-7-20(37)8-10-21)15-16-38(23)24(39)25(40)13-3-1-2-4-14-25/h6-11,17,23,40H,1-5,12-16H2/t23-,26-/m1/s1. The number of alkyl halides is 7. The van der Waals surface area contributed by atoms with Gasteiger partial charge in [0.15, 0.2) is 9.84 Å². The fourth-order valence-corrected chi connectivity index (χ4v) is 9.82. The lowest BCUT2D eigenvalue weighted by Crippen LogP contribution is -2.56. The molecule has 5 rings (SSSR count). The van der Waals surface area contributed by atoms with Gasteiger partial charge >= 0.3 is 18.0 Å². The van der Waals surface area contributed by atoms with E-state index in [1.807, 2.05) is 22.6 Å². The van der Waals surface area contributed by atoms with Crippen LogP contribution in [0.25, 0.3) is 0 Å². The van der Waals surface area contributed by atoms with Gasteiger partial charge in [-0.25, -0.2) is 12.8 Å². The quantitative estimate of drug-likeness (QED) is 0.210. The molecule has 1 saturated heterocycles. The van der Waals surface area contributed by atoms with Gasteiger partial charge < -0.3 is 10.0 Å². The number of amides is 1. The number of rotatable bonds is 4. The molecule has 2 fully saturated rings. The Labute approximate surface area is 257 Å². The Morgan fingerprint density at radius 3 is 2.02 bits per heavy atom. The third-order valence-electron chi connectivity index (χ3n) is 9.26. The zero-order valence-corrected chi connectivity index (χ0v) is 25.7. The molecule has 2 aliphatic carbocycles. The van der Waals surface area contributed by atoms with E-state index in [9.17, 15) is 44.7 Å².